The van der Waals surface area contributed by atoms with Crippen LogP contribution in [0, 0.1) is 16.7 Å². The van der Waals surface area contributed by atoms with Crippen LogP contribution in [-0.4, -0.2) is 11.5 Å². The maximum atomic E-state index is 13.7. The van der Waals surface area contributed by atoms with E-state index < -0.39 is 5.92 Å². The molecule has 1 aromatic carbocycles. The topological polar surface area (TPSA) is 70.1 Å². The maximum absolute atomic E-state index is 13.7. The van der Waals surface area contributed by atoms with Crippen molar-refractivity contribution in [3.63, 3.8) is 0 Å². The van der Waals surface area contributed by atoms with Gasteiger partial charge in [-0.3, -0.25) is 9.69 Å². The van der Waals surface area contributed by atoms with E-state index in [1.165, 1.54) is 9.09 Å². The minimum atomic E-state index is -0.428. The first-order valence-electron chi connectivity index (χ1n) is 11.2. The van der Waals surface area contributed by atoms with Gasteiger partial charge >= 0.3 is 0 Å². The molecule has 0 fully saturated rings. The Hall–Kier alpha value is -2.20. The molecule has 1 atom stereocenters. The molecule has 2 aromatic rings. The Labute approximate surface area is 209 Å². The number of carbonyl (C=O) groups excluding carboxylic acids is 1. The smallest absolute Gasteiger partial charge is 0.162 e. The Morgan fingerprint density at radius 3 is 2.58 bits per heavy atom. The van der Waals surface area contributed by atoms with Crippen LogP contribution in [-0.2, 0) is 11.2 Å². The van der Waals surface area contributed by atoms with E-state index >= 15 is 0 Å². The highest BCUT2D eigenvalue weighted by atomic mass is 35.5. The number of thioether (sulfide) groups is 1. The zero-order chi connectivity index (χ0) is 23.9. The van der Waals surface area contributed by atoms with Gasteiger partial charge in [0.1, 0.15) is 5.82 Å². The minimum absolute atomic E-state index is 0.0992. The fourth-order valence-corrected chi connectivity index (χ4v) is 7.27. The van der Waals surface area contributed by atoms with E-state index in [2.05, 4.69) is 39.8 Å². The molecule has 33 heavy (non-hydrogen) atoms. The van der Waals surface area contributed by atoms with Gasteiger partial charge in [0, 0.05) is 33.3 Å². The third-order valence-electron chi connectivity index (χ3n) is 6.18. The van der Waals surface area contributed by atoms with E-state index in [9.17, 15) is 10.1 Å². The molecule has 4 nitrogen and oxygen atoms in total. The van der Waals surface area contributed by atoms with Crippen molar-refractivity contribution in [2.24, 2.45) is 11.1 Å². The van der Waals surface area contributed by atoms with E-state index in [1.807, 2.05) is 17.0 Å². The lowest BCUT2D eigenvalue weighted by molar-refractivity contribution is -0.118. The molecular formula is C26H28ClN3OS2. The molecule has 0 spiro atoms. The van der Waals surface area contributed by atoms with Crippen molar-refractivity contribution in [2.45, 2.75) is 57.1 Å². The largest absolute Gasteiger partial charge is 0.384 e. The predicted octanol–water partition coefficient (Wildman–Crippen LogP) is 7.02. The van der Waals surface area contributed by atoms with Crippen LogP contribution in [0.4, 0.5) is 5.69 Å². The van der Waals surface area contributed by atoms with Gasteiger partial charge < -0.3 is 5.73 Å². The number of nitrogens with zero attached hydrogens (tertiary/aromatic N) is 2. The van der Waals surface area contributed by atoms with Crippen LogP contribution < -0.4 is 10.6 Å². The van der Waals surface area contributed by atoms with Crippen molar-refractivity contribution < 1.29 is 4.79 Å². The van der Waals surface area contributed by atoms with Crippen LogP contribution >= 0.6 is 34.7 Å². The molecule has 172 valence electrons. The van der Waals surface area contributed by atoms with Crippen molar-refractivity contribution in [3.8, 4) is 6.07 Å². The third-order valence-corrected chi connectivity index (χ3v) is 8.91. The fraction of sp³-hybridized carbons (Fsp3) is 0.385. The van der Waals surface area contributed by atoms with Gasteiger partial charge in [0.05, 0.1) is 21.8 Å². The van der Waals surface area contributed by atoms with E-state index in [-0.39, 0.29) is 11.2 Å². The molecular weight excluding hydrogens is 470 g/mol. The molecule has 2 aliphatic rings. The summed E-state index contributed by atoms with van der Waals surface area (Å²) in [6.45, 7) is 8.48. The van der Waals surface area contributed by atoms with Crippen LogP contribution in [0.5, 0.6) is 0 Å². The number of hydrogen-bond acceptors (Lipinski definition) is 6. The second-order valence-corrected chi connectivity index (χ2v) is 12.3. The molecule has 1 aromatic heterocycles. The summed E-state index contributed by atoms with van der Waals surface area (Å²) in [5.74, 6) is 0.990. The number of nitriles is 1. The highest BCUT2D eigenvalue weighted by Crippen LogP contribution is 2.52. The Bertz CT molecular complexity index is 1200. The predicted molar refractivity (Wildman–Crippen MR) is 139 cm³/mol. The Morgan fingerprint density at radius 2 is 1.97 bits per heavy atom. The number of anilines is 1. The second-order valence-electron chi connectivity index (χ2n) is 9.20. The molecule has 1 aliphatic carbocycles. The van der Waals surface area contributed by atoms with Gasteiger partial charge in [0.15, 0.2) is 5.78 Å². The summed E-state index contributed by atoms with van der Waals surface area (Å²) in [6.07, 6.45) is 2.07. The number of allylic oxidation sites excluding steroid dienone is 3. The highest BCUT2D eigenvalue weighted by Gasteiger charge is 2.45. The van der Waals surface area contributed by atoms with Crippen molar-refractivity contribution in [2.75, 3.05) is 10.7 Å². The molecule has 4 rings (SSSR count). The minimum Gasteiger partial charge on any atom is -0.384 e. The molecule has 0 radical (unpaired) electrons. The second kappa shape index (κ2) is 9.21. The average molecular weight is 498 g/mol. The first-order chi connectivity index (χ1) is 15.7. The normalized spacial score (nSPS) is 20.2. The van der Waals surface area contributed by atoms with E-state index in [0.717, 1.165) is 29.1 Å². The van der Waals surface area contributed by atoms with Gasteiger partial charge in [-0.05, 0) is 59.9 Å². The monoisotopic (exact) mass is 497 g/mol. The SMILES string of the molecule is CCSc1sc(CC)cc1[C@@H]1C(C#N)=C(N)N(c2ccc(Cl)cc2)C2=C1C(=O)CC(C)(C)C2. The Balaban J connectivity index is 2.00. The van der Waals surface area contributed by atoms with Gasteiger partial charge in [-0.25, -0.2) is 0 Å². The number of benzene rings is 1. The van der Waals surface area contributed by atoms with Gasteiger partial charge in [-0.15, -0.1) is 23.1 Å². The summed E-state index contributed by atoms with van der Waals surface area (Å²) in [7, 11) is 0. The molecule has 7 heteroatoms. The lowest BCUT2D eigenvalue weighted by atomic mass is 9.69. The number of thiophene rings is 1. The average Bonchev–Trinajstić information content (AvgIpc) is 3.16. The maximum Gasteiger partial charge on any atom is 0.162 e. The van der Waals surface area contributed by atoms with Crippen LogP contribution in [0.3, 0.4) is 0 Å². The first kappa shape index (κ1) is 23.9. The standard InChI is InChI=1S/C26H28ClN3OS2/c1-5-17-11-18(25(33-17)32-6-2)22-19(14-28)24(29)30(16-9-7-15(27)8-10-16)20-12-26(3,4)13-21(31)23(20)22/h7-11,22H,5-6,12-13,29H2,1-4H3/t22-/m1/s1. The summed E-state index contributed by atoms with van der Waals surface area (Å²) < 4.78 is 1.17. The fourth-order valence-electron chi connectivity index (χ4n) is 4.76. The molecule has 0 saturated carbocycles. The van der Waals surface area contributed by atoms with Crippen LogP contribution in [0.1, 0.15) is 56.9 Å². The number of rotatable bonds is 5. The highest BCUT2D eigenvalue weighted by molar-refractivity contribution is 8.01. The quantitative estimate of drug-likeness (QED) is 0.449. The molecule has 0 unspecified atom stereocenters. The van der Waals surface area contributed by atoms with Gasteiger partial charge in [0.2, 0.25) is 0 Å². The summed E-state index contributed by atoms with van der Waals surface area (Å²) in [4.78, 5) is 16.8. The lowest BCUT2D eigenvalue weighted by Gasteiger charge is -2.43. The third kappa shape index (κ3) is 4.35. The number of halogens is 1. The van der Waals surface area contributed by atoms with Crippen molar-refractivity contribution in [1.29, 1.82) is 5.26 Å². The van der Waals surface area contributed by atoms with Gasteiger partial charge in [0.25, 0.3) is 0 Å². The molecule has 0 bridgehead atoms. The van der Waals surface area contributed by atoms with Crippen LogP contribution in [0.25, 0.3) is 0 Å². The summed E-state index contributed by atoms with van der Waals surface area (Å²) in [5, 5.41) is 10.9. The van der Waals surface area contributed by atoms with E-state index in [1.54, 1.807) is 35.2 Å². The summed E-state index contributed by atoms with van der Waals surface area (Å²) in [5.41, 5.74) is 10.4. The van der Waals surface area contributed by atoms with Crippen molar-refractivity contribution in [1.82, 2.24) is 0 Å². The van der Waals surface area contributed by atoms with Gasteiger partial charge in [-0.2, -0.15) is 5.26 Å². The lowest BCUT2D eigenvalue weighted by Crippen LogP contribution is -2.42. The summed E-state index contributed by atoms with van der Waals surface area (Å²) in [6, 6.07) is 11.9. The number of carbonyl (C=O) groups is 1. The molecule has 2 N–H and O–H groups in total. The van der Waals surface area contributed by atoms with Gasteiger partial charge in [-0.1, -0.05) is 39.3 Å². The van der Waals surface area contributed by atoms with Crippen LogP contribution in [0.15, 0.2) is 57.2 Å². The number of aryl methyl sites for hydroxylation is 1. The molecule has 1 aliphatic heterocycles. The number of hydrogen-bond donors (Lipinski definition) is 1. The zero-order valence-electron chi connectivity index (χ0n) is 19.4. The van der Waals surface area contributed by atoms with E-state index in [4.69, 9.17) is 17.3 Å². The van der Waals surface area contributed by atoms with Crippen molar-refractivity contribution in [3.05, 3.63) is 68.5 Å². The number of nitrogens with two attached hydrogens (primary N) is 1. The van der Waals surface area contributed by atoms with E-state index in [0.29, 0.717) is 34.8 Å². The Morgan fingerprint density at radius 1 is 1.27 bits per heavy atom. The summed E-state index contributed by atoms with van der Waals surface area (Å²) >= 11 is 9.66. The Kier molecular flexibility index (Phi) is 6.68. The van der Waals surface area contributed by atoms with Crippen molar-refractivity contribution >= 4 is 46.2 Å². The molecule has 0 saturated heterocycles. The molecule has 0 amide bonds. The van der Waals surface area contributed by atoms with Crippen LogP contribution in [0.2, 0.25) is 5.02 Å². The first-order valence-corrected chi connectivity index (χ1v) is 13.4. The number of Topliss-reactive ketones (excluding diaryl/α,β-unsaturated/α-hetero) is 1. The zero-order valence-corrected chi connectivity index (χ0v) is 21.8. The molecule has 2 heterocycles. The number of ketones is 1.